The molecular weight excluding hydrogens is 352 g/mol. The molecule has 142 valence electrons. The van der Waals surface area contributed by atoms with Gasteiger partial charge in [-0.2, -0.15) is 0 Å². The second-order valence-electron chi connectivity index (χ2n) is 6.63. The molecule has 5 amide bonds. The number of rotatable bonds is 6. The van der Waals surface area contributed by atoms with E-state index >= 15 is 0 Å². The number of amides is 5. The zero-order valence-corrected chi connectivity index (χ0v) is 14.6. The average molecular weight is 372 g/mol. The van der Waals surface area contributed by atoms with Crippen molar-refractivity contribution < 1.29 is 24.0 Å². The van der Waals surface area contributed by atoms with Crippen molar-refractivity contribution in [3.05, 3.63) is 34.9 Å². The summed E-state index contributed by atoms with van der Waals surface area (Å²) in [7, 11) is 0. The number of carbonyl (C=O) groups excluding carboxylic acids is 5. The van der Waals surface area contributed by atoms with E-state index in [0.717, 1.165) is 11.1 Å². The maximum Gasteiger partial charge on any atom is 0.255 e. The molecule has 9 nitrogen and oxygen atoms in total. The average Bonchev–Trinajstić information content (AvgIpc) is 2.94. The smallest absolute Gasteiger partial charge is 0.255 e. The van der Waals surface area contributed by atoms with Crippen LogP contribution in [0.5, 0.6) is 0 Å². The van der Waals surface area contributed by atoms with Gasteiger partial charge in [0, 0.05) is 37.9 Å². The van der Waals surface area contributed by atoms with Crippen molar-refractivity contribution in [1.29, 1.82) is 0 Å². The first-order chi connectivity index (χ1) is 12.8. The van der Waals surface area contributed by atoms with Gasteiger partial charge in [0.05, 0.1) is 0 Å². The molecule has 1 aromatic rings. The molecule has 1 unspecified atom stereocenters. The highest BCUT2D eigenvalue weighted by Crippen LogP contribution is 2.28. The predicted octanol–water partition coefficient (Wildman–Crippen LogP) is -0.671. The number of hydrogen-bond acceptors (Lipinski definition) is 5. The van der Waals surface area contributed by atoms with Crippen molar-refractivity contribution in [1.82, 2.24) is 15.5 Å². The van der Waals surface area contributed by atoms with E-state index in [9.17, 15) is 24.0 Å². The minimum Gasteiger partial charge on any atom is -0.370 e. The van der Waals surface area contributed by atoms with E-state index in [1.807, 2.05) is 6.07 Å². The molecule has 9 heteroatoms. The Morgan fingerprint density at radius 2 is 2.00 bits per heavy atom. The number of fused-ring (bicyclic) bond motifs is 1. The lowest BCUT2D eigenvalue weighted by atomic mass is 10.0. The van der Waals surface area contributed by atoms with Gasteiger partial charge in [-0.3, -0.25) is 29.3 Å². The van der Waals surface area contributed by atoms with Gasteiger partial charge in [0.2, 0.25) is 23.6 Å². The van der Waals surface area contributed by atoms with Gasteiger partial charge in [-0.05, 0) is 23.6 Å². The van der Waals surface area contributed by atoms with Gasteiger partial charge in [0.1, 0.15) is 6.04 Å². The second kappa shape index (κ2) is 7.56. The Kier molecular flexibility index (Phi) is 5.20. The van der Waals surface area contributed by atoms with Crippen LogP contribution in [-0.4, -0.2) is 40.5 Å². The molecule has 0 saturated carbocycles. The van der Waals surface area contributed by atoms with Gasteiger partial charge in [-0.15, -0.1) is 0 Å². The highest BCUT2D eigenvalue weighted by atomic mass is 16.2. The second-order valence-corrected chi connectivity index (χ2v) is 6.63. The minimum atomic E-state index is -0.653. The van der Waals surface area contributed by atoms with E-state index < -0.39 is 17.9 Å². The number of piperidine rings is 1. The van der Waals surface area contributed by atoms with Gasteiger partial charge < -0.3 is 16.0 Å². The Labute approximate surface area is 155 Å². The summed E-state index contributed by atoms with van der Waals surface area (Å²) in [5.41, 5.74) is 7.11. The maximum absolute atomic E-state index is 12.6. The van der Waals surface area contributed by atoms with Crippen LogP contribution < -0.4 is 16.4 Å². The third kappa shape index (κ3) is 4.13. The van der Waals surface area contributed by atoms with Gasteiger partial charge in [-0.1, -0.05) is 12.1 Å². The fourth-order valence-electron chi connectivity index (χ4n) is 3.26. The minimum absolute atomic E-state index is 0.00849. The Hall–Kier alpha value is -3.23. The fourth-order valence-corrected chi connectivity index (χ4v) is 3.26. The summed E-state index contributed by atoms with van der Waals surface area (Å²) in [4.78, 5) is 59.8. The topological polar surface area (TPSA) is 139 Å². The van der Waals surface area contributed by atoms with E-state index in [1.165, 1.54) is 4.90 Å². The van der Waals surface area contributed by atoms with Gasteiger partial charge >= 0.3 is 0 Å². The molecule has 4 N–H and O–H groups in total. The SMILES string of the molecule is NC(=O)CCC(=O)NCc1ccc2c(c1)CN(C1CCC(=O)NC1=O)C2=O. The number of imide groups is 1. The van der Waals surface area contributed by atoms with Crippen molar-refractivity contribution in [2.45, 2.75) is 44.8 Å². The van der Waals surface area contributed by atoms with E-state index in [2.05, 4.69) is 10.6 Å². The monoisotopic (exact) mass is 372 g/mol. The lowest BCUT2D eigenvalue weighted by Crippen LogP contribution is -2.52. The first-order valence-electron chi connectivity index (χ1n) is 8.66. The van der Waals surface area contributed by atoms with Crippen LogP contribution >= 0.6 is 0 Å². The third-order valence-corrected chi connectivity index (χ3v) is 4.68. The van der Waals surface area contributed by atoms with Crippen LogP contribution in [0.2, 0.25) is 0 Å². The van der Waals surface area contributed by atoms with Crippen molar-refractivity contribution in [3.8, 4) is 0 Å². The molecule has 0 aliphatic carbocycles. The molecule has 2 heterocycles. The van der Waals surface area contributed by atoms with Crippen LogP contribution in [0.1, 0.15) is 47.2 Å². The molecule has 3 rings (SSSR count). The van der Waals surface area contributed by atoms with Gasteiger partial charge in [-0.25, -0.2) is 0 Å². The molecule has 0 radical (unpaired) electrons. The van der Waals surface area contributed by atoms with Crippen molar-refractivity contribution in [2.24, 2.45) is 5.73 Å². The number of nitrogens with zero attached hydrogens (tertiary/aromatic N) is 1. The molecule has 27 heavy (non-hydrogen) atoms. The summed E-state index contributed by atoms with van der Waals surface area (Å²) in [6.45, 7) is 0.543. The summed E-state index contributed by atoms with van der Waals surface area (Å²) in [5.74, 6) is -1.83. The predicted molar refractivity (Wildman–Crippen MR) is 92.8 cm³/mol. The summed E-state index contributed by atoms with van der Waals surface area (Å²) in [5, 5.41) is 4.96. The standard InChI is InChI=1S/C18H20N4O5/c19-14(23)4-6-15(24)20-8-10-1-2-12-11(7-10)9-22(18(12)27)13-3-5-16(25)21-17(13)26/h1-2,7,13H,3-6,8-9H2,(H2,19,23)(H,20,24)(H,21,25,26). The number of benzene rings is 1. The van der Waals surface area contributed by atoms with Gasteiger partial charge in [0.25, 0.3) is 5.91 Å². The molecule has 2 aliphatic heterocycles. The molecule has 0 aromatic heterocycles. The fraction of sp³-hybridized carbons (Fsp3) is 0.389. The lowest BCUT2D eigenvalue weighted by Gasteiger charge is -2.29. The molecular formula is C18H20N4O5. The Morgan fingerprint density at radius 3 is 2.70 bits per heavy atom. The Bertz CT molecular complexity index is 835. The third-order valence-electron chi connectivity index (χ3n) is 4.68. The summed E-state index contributed by atoms with van der Waals surface area (Å²) >= 11 is 0. The zero-order chi connectivity index (χ0) is 19.6. The van der Waals surface area contributed by atoms with Crippen molar-refractivity contribution in [2.75, 3.05) is 0 Å². The molecule has 1 aromatic carbocycles. The lowest BCUT2D eigenvalue weighted by molar-refractivity contribution is -0.137. The normalized spacial score (nSPS) is 18.9. The van der Waals surface area contributed by atoms with Crippen LogP contribution in [0, 0.1) is 0 Å². The van der Waals surface area contributed by atoms with Gasteiger partial charge in [0.15, 0.2) is 0 Å². The van der Waals surface area contributed by atoms with Crippen LogP contribution in [0.4, 0.5) is 0 Å². The van der Waals surface area contributed by atoms with Crippen molar-refractivity contribution >= 4 is 29.5 Å². The maximum atomic E-state index is 12.6. The van der Waals surface area contributed by atoms with Crippen molar-refractivity contribution in [3.63, 3.8) is 0 Å². The quantitative estimate of drug-likeness (QED) is 0.569. The van der Waals surface area contributed by atoms with E-state index in [4.69, 9.17) is 5.73 Å². The first kappa shape index (κ1) is 18.6. The molecule has 1 fully saturated rings. The van der Waals surface area contributed by atoms with Crippen LogP contribution in [0.25, 0.3) is 0 Å². The van der Waals surface area contributed by atoms with E-state index in [0.29, 0.717) is 12.0 Å². The number of nitrogens with one attached hydrogen (secondary N) is 2. The Balaban J connectivity index is 1.63. The number of hydrogen-bond donors (Lipinski definition) is 3. The molecule has 0 bridgehead atoms. The summed E-state index contributed by atoms with van der Waals surface area (Å²) < 4.78 is 0. The number of primary amides is 1. The highest BCUT2D eigenvalue weighted by Gasteiger charge is 2.38. The van der Waals surface area contributed by atoms with Crippen LogP contribution in [0.3, 0.4) is 0 Å². The van der Waals surface area contributed by atoms with E-state index in [1.54, 1.807) is 12.1 Å². The zero-order valence-electron chi connectivity index (χ0n) is 14.6. The molecule has 1 atom stereocenters. The van der Waals surface area contributed by atoms with E-state index in [-0.39, 0.29) is 50.1 Å². The molecule has 0 spiro atoms. The number of carbonyl (C=O) groups is 5. The highest BCUT2D eigenvalue weighted by molar-refractivity contribution is 6.05. The summed E-state index contributed by atoms with van der Waals surface area (Å²) in [6, 6.07) is 4.57. The largest absolute Gasteiger partial charge is 0.370 e. The molecule has 2 aliphatic rings. The summed E-state index contributed by atoms with van der Waals surface area (Å²) in [6.07, 6.45) is 0.541. The number of nitrogens with two attached hydrogens (primary N) is 1. The van der Waals surface area contributed by atoms with Crippen LogP contribution in [0.15, 0.2) is 18.2 Å². The molecule has 1 saturated heterocycles. The first-order valence-corrected chi connectivity index (χ1v) is 8.66. The van der Waals surface area contributed by atoms with Crippen LogP contribution in [-0.2, 0) is 32.3 Å². The Morgan fingerprint density at radius 1 is 1.22 bits per heavy atom.